The summed E-state index contributed by atoms with van der Waals surface area (Å²) in [5.41, 5.74) is 16.0. The van der Waals surface area contributed by atoms with Crippen LogP contribution >= 0.6 is 0 Å². The Morgan fingerprint density at radius 3 is 0.879 bits per heavy atom. The van der Waals surface area contributed by atoms with Crippen LogP contribution in [0.5, 0.6) is 0 Å². The SMILES string of the molecule is [2H]c1c2oc3c([2H])c4c([2H])c(N(c5cc(C)c(C)c(C)c5)c5cc(C)c(C)c(C)c5)cc([2H])c4c([2H])c3c2c([2H])c2c1oc1c([2H])c3c([2H])c(N(c4cc(C)c(C)c(C)c4)c4cc(C)c(C)c(C)c4)cc([2H])c3c([2H])c12. The Balaban J connectivity index is 1.17. The van der Waals surface area contributed by atoms with Crippen LogP contribution in [0.1, 0.15) is 80.5 Å². The van der Waals surface area contributed by atoms with Crippen LogP contribution in [-0.4, -0.2) is 0 Å². The van der Waals surface area contributed by atoms with Gasteiger partial charge < -0.3 is 18.6 Å². The maximum atomic E-state index is 9.87. The van der Waals surface area contributed by atoms with Gasteiger partial charge in [-0.1, -0.05) is 12.1 Å². The Hall–Kier alpha value is -7.30. The smallest absolute Gasteiger partial charge is 0.139 e. The minimum atomic E-state index is -0.349. The summed E-state index contributed by atoms with van der Waals surface area (Å²) in [5, 5.41) is -0.0229. The molecule has 0 unspecified atom stereocenters. The normalized spacial score (nSPS) is 14.1. The second-order valence-corrected chi connectivity index (χ2v) is 18.4. The van der Waals surface area contributed by atoms with E-state index in [9.17, 15) is 13.7 Å². The van der Waals surface area contributed by atoms with Crippen LogP contribution in [0.4, 0.5) is 34.1 Å². The number of rotatable bonds is 6. The van der Waals surface area contributed by atoms with Crippen LogP contribution in [0.25, 0.3) is 65.4 Å². The number of fused-ring (bicyclic) bond motifs is 8. The molecule has 0 saturated heterocycles. The molecule has 0 atom stereocenters. The second kappa shape index (κ2) is 15.1. The zero-order valence-corrected chi connectivity index (χ0v) is 39.5. The molecule has 0 fully saturated rings. The Morgan fingerprint density at radius 2 is 0.576 bits per heavy atom. The van der Waals surface area contributed by atoms with E-state index in [2.05, 4.69) is 27.7 Å². The first-order valence-corrected chi connectivity index (χ1v) is 22.4. The van der Waals surface area contributed by atoms with E-state index in [4.69, 9.17) is 8.83 Å². The van der Waals surface area contributed by atoms with E-state index in [1.54, 1.807) is 12.1 Å². The van der Waals surface area contributed by atoms with Crippen molar-refractivity contribution in [2.24, 2.45) is 0 Å². The van der Waals surface area contributed by atoms with E-state index >= 15 is 0 Å². The summed E-state index contributed by atoms with van der Waals surface area (Å²) in [7, 11) is 0. The van der Waals surface area contributed by atoms with Gasteiger partial charge in [0.25, 0.3) is 0 Å². The van der Waals surface area contributed by atoms with Gasteiger partial charge in [-0.15, -0.1) is 0 Å². The van der Waals surface area contributed by atoms with Crippen LogP contribution in [0.2, 0.25) is 0 Å². The van der Waals surface area contributed by atoms with Crippen molar-refractivity contribution in [3.63, 3.8) is 0 Å². The minimum absolute atomic E-state index is 0.00327. The molecule has 0 N–H and O–H groups in total. The molecule has 0 aliphatic carbocycles. The number of hydrogen-bond acceptors (Lipinski definition) is 4. The molecule has 2 aromatic heterocycles. The molecule has 0 aliphatic heterocycles. The molecule has 326 valence electrons. The molecule has 66 heavy (non-hydrogen) atoms. The molecule has 0 radical (unpaired) electrons. The third kappa shape index (κ3) is 6.65. The van der Waals surface area contributed by atoms with Crippen molar-refractivity contribution in [1.82, 2.24) is 0 Å². The van der Waals surface area contributed by atoms with Gasteiger partial charge in [-0.05, 0) is 274 Å². The van der Waals surface area contributed by atoms with Crippen molar-refractivity contribution < 1.29 is 22.5 Å². The predicted octanol–water partition coefficient (Wildman–Crippen LogP) is 18.4. The topological polar surface area (TPSA) is 32.8 Å². The molecule has 0 saturated carbocycles. The lowest BCUT2D eigenvalue weighted by atomic mass is 9.99. The summed E-state index contributed by atoms with van der Waals surface area (Å²) in [6.45, 7) is 24.5. The van der Waals surface area contributed by atoms with Gasteiger partial charge in [0, 0.05) is 61.7 Å². The highest BCUT2D eigenvalue weighted by molar-refractivity contribution is 6.18. The fraction of sp³-hybridized carbons (Fsp3) is 0.194. The van der Waals surface area contributed by atoms with Gasteiger partial charge in [-0.3, -0.25) is 0 Å². The van der Waals surface area contributed by atoms with Gasteiger partial charge in [0.15, 0.2) is 0 Å². The molecule has 11 aromatic rings. The summed E-state index contributed by atoms with van der Waals surface area (Å²) in [6.07, 6.45) is 0. The summed E-state index contributed by atoms with van der Waals surface area (Å²) in [4.78, 5) is 3.85. The largest absolute Gasteiger partial charge is 0.456 e. The first-order valence-electron chi connectivity index (χ1n) is 27.4. The average molecular weight is 871 g/mol. The Morgan fingerprint density at radius 1 is 0.303 bits per heavy atom. The molecule has 4 nitrogen and oxygen atoms in total. The van der Waals surface area contributed by atoms with Gasteiger partial charge in [0.1, 0.15) is 22.3 Å². The highest BCUT2D eigenvalue weighted by Gasteiger charge is 2.21. The molecular formula is C62H56N2O2. The van der Waals surface area contributed by atoms with E-state index in [0.717, 1.165) is 89.5 Å². The number of anilines is 6. The maximum Gasteiger partial charge on any atom is 0.139 e. The van der Waals surface area contributed by atoms with Crippen LogP contribution in [0.3, 0.4) is 0 Å². The zero-order chi connectivity index (χ0) is 54.7. The lowest BCUT2D eigenvalue weighted by Crippen LogP contribution is -2.12. The van der Waals surface area contributed by atoms with E-state index < -0.39 is 0 Å². The maximum absolute atomic E-state index is 9.87. The molecule has 0 bridgehead atoms. The van der Waals surface area contributed by atoms with Gasteiger partial charge in [0.05, 0.1) is 13.7 Å². The van der Waals surface area contributed by atoms with Gasteiger partial charge >= 0.3 is 0 Å². The molecule has 4 heteroatoms. The van der Waals surface area contributed by atoms with Crippen molar-refractivity contribution in [3.8, 4) is 0 Å². The number of benzene rings is 9. The Kier molecular flexibility index (Phi) is 7.24. The summed E-state index contributed by atoms with van der Waals surface area (Å²) in [5.74, 6) is 0. The Labute approximate surface area is 401 Å². The third-order valence-corrected chi connectivity index (χ3v) is 14.1. The van der Waals surface area contributed by atoms with Gasteiger partial charge in [-0.2, -0.15) is 0 Å². The number of aryl methyl sites for hydroxylation is 8. The lowest BCUT2D eigenvalue weighted by molar-refractivity contribution is 0.656. The molecule has 9 aromatic carbocycles. The Bertz CT molecular complexity index is 3970. The molecule has 0 amide bonds. The second-order valence-electron chi connectivity index (χ2n) is 18.4. The number of furan rings is 2. The van der Waals surface area contributed by atoms with Crippen LogP contribution < -0.4 is 9.80 Å². The average Bonchev–Trinajstić information content (AvgIpc) is 4.10. The first kappa shape index (κ1) is 31.6. The highest BCUT2D eigenvalue weighted by Crippen LogP contribution is 2.44. The van der Waals surface area contributed by atoms with E-state index in [-0.39, 0.29) is 126 Å². The zero-order valence-electron chi connectivity index (χ0n) is 49.5. The minimum Gasteiger partial charge on any atom is -0.456 e. The lowest BCUT2D eigenvalue weighted by Gasteiger charge is -2.28. The number of nitrogens with zero attached hydrogens (tertiary/aromatic N) is 2. The third-order valence-electron chi connectivity index (χ3n) is 14.1. The van der Waals surface area contributed by atoms with Crippen LogP contribution in [-0.2, 0) is 0 Å². The standard InChI is InChI=1S/C62H56N2O2/c1-33-17-51(18-34(2)41(33)9)63(52-19-35(3)42(10)36(4)20-52)49-15-13-45-27-55-57-31-58-56-28-46-14-16-50(26-48(46)30-60(56)66-62(58)32-61(57)65-59(55)29-47(45)25-49)64(53-21-37(5)43(11)38(6)22-53)54-23-39(7)44(12)40(8)24-54/h13-32H,1-12H3/i13D,14D,25D,26D,27D,28D,29D,30D,31D,32D. The summed E-state index contributed by atoms with van der Waals surface area (Å²) in [6, 6.07) is 17.3. The van der Waals surface area contributed by atoms with E-state index in [0.29, 0.717) is 11.4 Å². The first-order chi connectivity index (χ1) is 35.8. The summed E-state index contributed by atoms with van der Waals surface area (Å²) < 4.78 is 110. The van der Waals surface area contributed by atoms with Crippen molar-refractivity contribution in [2.45, 2.75) is 83.1 Å². The van der Waals surface area contributed by atoms with Crippen molar-refractivity contribution >= 4 is 99.5 Å². The molecule has 2 heterocycles. The fourth-order valence-electron chi connectivity index (χ4n) is 9.32. The van der Waals surface area contributed by atoms with Gasteiger partial charge in [0.2, 0.25) is 0 Å². The van der Waals surface area contributed by atoms with Crippen molar-refractivity contribution in [3.05, 3.63) is 188 Å². The molecule has 11 rings (SSSR count). The van der Waals surface area contributed by atoms with E-state index in [1.807, 2.05) is 114 Å². The van der Waals surface area contributed by atoms with Crippen LogP contribution in [0, 0.1) is 83.1 Å². The quantitative estimate of drug-likeness (QED) is 0.167. The number of hydrogen-bond donors (Lipinski definition) is 0. The predicted molar refractivity (Wildman–Crippen MR) is 282 cm³/mol. The van der Waals surface area contributed by atoms with Crippen LogP contribution in [0.15, 0.2) is 130 Å². The highest BCUT2D eigenvalue weighted by atomic mass is 16.3. The van der Waals surface area contributed by atoms with E-state index in [1.165, 1.54) is 0 Å². The summed E-state index contributed by atoms with van der Waals surface area (Å²) >= 11 is 0. The molecule has 0 spiro atoms. The van der Waals surface area contributed by atoms with Crippen molar-refractivity contribution in [2.75, 3.05) is 9.80 Å². The fourth-order valence-corrected chi connectivity index (χ4v) is 9.32. The van der Waals surface area contributed by atoms with Gasteiger partial charge in [-0.25, -0.2) is 0 Å². The van der Waals surface area contributed by atoms with Crippen molar-refractivity contribution in [1.29, 1.82) is 0 Å². The monoisotopic (exact) mass is 870 g/mol. The molecular weight excluding hydrogens is 805 g/mol. The molecule has 0 aliphatic rings.